The Morgan fingerprint density at radius 2 is 1.79 bits per heavy atom. The number of hydrogen-bond acceptors (Lipinski definition) is 4. The molecule has 1 heterocycles. The second-order valence-electron chi connectivity index (χ2n) is 7.98. The van der Waals surface area contributed by atoms with Crippen molar-refractivity contribution in [2.45, 2.75) is 26.8 Å². The lowest BCUT2D eigenvalue weighted by molar-refractivity contribution is -0.132. The van der Waals surface area contributed by atoms with Crippen LogP contribution in [0.15, 0.2) is 72.3 Å². The van der Waals surface area contributed by atoms with Gasteiger partial charge in [0.2, 0.25) is 0 Å². The number of aliphatic hydroxyl groups excluding tert-OH is 1. The molecular weight excluding hydrogens is 421 g/mol. The summed E-state index contributed by atoms with van der Waals surface area (Å²) in [6.07, 6.45) is 0. The third kappa shape index (κ3) is 4.12. The summed E-state index contributed by atoms with van der Waals surface area (Å²) in [5, 5.41) is 11.2. The zero-order valence-electron chi connectivity index (χ0n) is 18.6. The first-order chi connectivity index (χ1) is 15.8. The molecule has 1 atom stereocenters. The van der Waals surface area contributed by atoms with Crippen LogP contribution in [0.5, 0.6) is 5.75 Å². The molecule has 5 nitrogen and oxygen atoms in total. The number of rotatable bonds is 5. The number of benzene rings is 3. The molecule has 0 radical (unpaired) electrons. The Balaban J connectivity index is 1.94. The SMILES string of the molecule is CCOc1cccc(N2C(=O)C(=O)/C(=C(/O)c3ccc(F)c(C)c3)C2c2cccc(C)c2)c1. The summed E-state index contributed by atoms with van der Waals surface area (Å²) in [4.78, 5) is 27.8. The van der Waals surface area contributed by atoms with Gasteiger partial charge >= 0.3 is 0 Å². The van der Waals surface area contributed by atoms with Gasteiger partial charge in [0.05, 0.1) is 18.2 Å². The molecule has 1 aliphatic rings. The molecule has 0 bridgehead atoms. The summed E-state index contributed by atoms with van der Waals surface area (Å²) in [5.41, 5.74) is 2.65. The monoisotopic (exact) mass is 445 g/mol. The molecule has 33 heavy (non-hydrogen) atoms. The topological polar surface area (TPSA) is 66.8 Å². The van der Waals surface area contributed by atoms with Crippen molar-refractivity contribution in [1.29, 1.82) is 0 Å². The molecule has 1 unspecified atom stereocenters. The van der Waals surface area contributed by atoms with Gasteiger partial charge in [0, 0.05) is 17.3 Å². The number of Topliss-reactive ketones (excluding diaryl/α,β-unsaturated/α-hetero) is 1. The molecule has 1 saturated heterocycles. The van der Waals surface area contributed by atoms with Crippen LogP contribution in [0.4, 0.5) is 10.1 Å². The van der Waals surface area contributed by atoms with Crippen molar-refractivity contribution in [3.8, 4) is 5.75 Å². The molecule has 0 aliphatic carbocycles. The van der Waals surface area contributed by atoms with E-state index in [9.17, 15) is 19.1 Å². The number of nitrogens with zero attached hydrogens (tertiary/aromatic N) is 1. The number of anilines is 1. The van der Waals surface area contributed by atoms with Crippen LogP contribution in [0.25, 0.3) is 5.76 Å². The van der Waals surface area contributed by atoms with Crippen LogP contribution in [-0.4, -0.2) is 23.4 Å². The van der Waals surface area contributed by atoms with Gasteiger partial charge < -0.3 is 9.84 Å². The van der Waals surface area contributed by atoms with Gasteiger partial charge in [0.1, 0.15) is 17.3 Å². The zero-order valence-corrected chi connectivity index (χ0v) is 18.6. The van der Waals surface area contributed by atoms with Crippen molar-refractivity contribution >= 4 is 23.1 Å². The average Bonchev–Trinajstić information content (AvgIpc) is 3.06. The smallest absolute Gasteiger partial charge is 0.300 e. The molecule has 1 aliphatic heterocycles. The Bertz CT molecular complexity index is 1280. The van der Waals surface area contributed by atoms with Crippen molar-refractivity contribution in [1.82, 2.24) is 0 Å². The number of carbonyl (C=O) groups is 2. The van der Waals surface area contributed by atoms with Gasteiger partial charge in [0.25, 0.3) is 11.7 Å². The van der Waals surface area contributed by atoms with E-state index in [1.54, 1.807) is 31.2 Å². The minimum atomic E-state index is -0.855. The van der Waals surface area contributed by atoms with E-state index in [0.29, 0.717) is 29.2 Å². The lowest BCUT2D eigenvalue weighted by Crippen LogP contribution is -2.29. The predicted octanol–water partition coefficient (Wildman–Crippen LogP) is 5.47. The molecule has 0 aromatic heterocycles. The van der Waals surface area contributed by atoms with Crippen molar-refractivity contribution in [2.75, 3.05) is 11.5 Å². The van der Waals surface area contributed by atoms with E-state index in [1.807, 2.05) is 38.1 Å². The average molecular weight is 445 g/mol. The summed E-state index contributed by atoms with van der Waals surface area (Å²) in [7, 11) is 0. The summed E-state index contributed by atoms with van der Waals surface area (Å²) in [6, 6.07) is 17.6. The fraction of sp³-hybridized carbons (Fsp3) is 0.185. The fourth-order valence-electron chi connectivity index (χ4n) is 4.09. The Labute approximate surface area is 191 Å². The van der Waals surface area contributed by atoms with Crippen LogP contribution >= 0.6 is 0 Å². The van der Waals surface area contributed by atoms with Crippen LogP contribution in [-0.2, 0) is 9.59 Å². The highest BCUT2D eigenvalue weighted by molar-refractivity contribution is 6.51. The van der Waals surface area contributed by atoms with Gasteiger partial charge in [0.15, 0.2) is 0 Å². The summed E-state index contributed by atoms with van der Waals surface area (Å²) >= 11 is 0. The first kappa shape index (κ1) is 22.3. The summed E-state index contributed by atoms with van der Waals surface area (Å²) in [5.74, 6) is -1.76. The highest BCUT2D eigenvalue weighted by Gasteiger charge is 2.47. The highest BCUT2D eigenvalue weighted by atomic mass is 19.1. The minimum Gasteiger partial charge on any atom is -0.507 e. The van der Waals surface area contributed by atoms with Gasteiger partial charge in [-0.25, -0.2) is 4.39 Å². The molecular formula is C27H24FNO4. The van der Waals surface area contributed by atoms with Gasteiger partial charge in [-0.15, -0.1) is 0 Å². The van der Waals surface area contributed by atoms with E-state index in [2.05, 4.69) is 0 Å². The van der Waals surface area contributed by atoms with E-state index in [1.165, 1.54) is 23.1 Å². The molecule has 4 rings (SSSR count). The van der Waals surface area contributed by atoms with Crippen molar-refractivity contribution < 1.29 is 23.8 Å². The Morgan fingerprint density at radius 3 is 2.48 bits per heavy atom. The molecule has 1 N–H and O–H groups in total. The molecule has 0 spiro atoms. The van der Waals surface area contributed by atoms with Crippen molar-refractivity contribution in [2.24, 2.45) is 0 Å². The normalized spacial score (nSPS) is 17.5. The Kier molecular flexibility index (Phi) is 6.01. The first-order valence-electron chi connectivity index (χ1n) is 10.7. The van der Waals surface area contributed by atoms with E-state index in [4.69, 9.17) is 4.74 Å². The summed E-state index contributed by atoms with van der Waals surface area (Å²) < 4.78 is 19.4. The lowest BCUT2D eigenvalue weighted by atomic mass is 9.94. The van der Waals surface area contributed by atoms with Gasteiger partial charge in [-0.1, -0.05) is 35.9 Å². The van der Waals surface area contributed by atoms with E-state index in [-0.39, 0.29) is 16.9 Å². The lowest BCUT2D eigenvalue weighted by Gasteiger charge is -2.26. The van der Waals surface area contributed by atoms with Crippen LogP contribution in [0.2, 0.25) is 0 Å². The van der Waals surface area contributed by atoms with E-state index < -0.39 is 23.5 Å². The van der Waals surface area contributed by atoms with Crippen LogP contribution in [0.1, 0.15) is 35.2 Å². The first-order valence-corrected chi connectivity index (χ1v) is 10.7. The molecule has 1 amide bonds. The van der Waals surface area contributed by atoms with E-state index in [0.717, 1.165) is 5.56 Å². The molecule has 3 aromatic rings. The van der Waals surface area contributed by atoms with Crippen molar-refractivity contribution in [3.05, 3.63) is 100 Å². The third-order valence-corrected chi connectivity index (χ3v) is 5.64. The van der Waals surface area contributed by atoms with Crippen LogP contribution in [0.3, 0.4) is 0 Å². The number of aliphatic hydroxyl groups is 1. The maximum absolute atomic E-state index is 13.8. The second kappa shape index (κ2) is 8.90. The number of amides is 1. The third-order valence-electron chi connectivity index (χ3n) is 5.64. The van der Waals surface area contributed by atoms with Crippen LogP contribution in [0, 0.1) is 19.7 Å². The molecule has 0 saturated carbocycles. The van der Waals surface area contributed by atoms with Crippen molar-refractivity contribution in [3.63, 3.8) is 0 Å². The standard InChI is InChI=1S/C27H24FNO4/c1-4-33-21-10-6-9-20(15-21)29-24(18-8-5-7-16(2)13-18)23(26(31)27(29)32)25(30)19-11-12-22(28)17(3)14-19/h5-15,24,30H,4H2,1-3H3/b25-23+. The zero-order chi connectivity index (χ0) is 23.7. The number of aryl methyl sites for hydroxylation is 2. The number of hydrogen-bond donors (Lipinski definition) is 1. The molecule has 168 valence electrons. The molecule has 6 heteroatoms. The number of ether oxygens (including phenoxy) is 1. The number of carbonyl (C=O) groups excluding carboxylic acids is 2. The number of halogens is 1. The van der Waals surface area contributed by atoms with E-state index >= 15 is 0 Å². The van der Waals surface area contributed by atoms with Gasteiger partial charge in [-0.3, -0.25) is 14.5 Å². The Hall–Kier alpha value is -3.93. The maximum Gasteiger partial charge on any atom is 0.300 e. The fourth-order valence-corrected chi connectivity index (χ4v) is 4.09. The maximum atomic E-state index is 13.8. The minimum absolute atomic E-state index is 0.0431. The van der Waals surface area contributed by atoms with Gasteiger partial charge in [-0.2, -0.15) is 0 Å². The van der Waals surface area contributed by atoms with Gasteiger partial charge in [-0.05, 0) is 62.2 Å². The largest absolute Gasteiger partial charge is 0.507 e. The number of ketones is 1. The molecule has 1 fully saturated rings. The van der Waals surface area contributed by atoms with Crippen LogP contribution < -0.4 is 9.64 Å². The highest BCUT2D eigenvalue weighted by Crippen LogP contribution is 2.43. The predicted molar refractivity (Wildman–Crippen MR) is 125 cm³/mol. The Morgan fingerprint density at radius 1 is 1.03 bits per heavy atom. The quantitative estimate of drug-likeness (QED) is 0.321. The summed E-state index contributed by atoms with van der Waals surface area (Å²) in [6.45, 7) is 5.79. The second-order valence-corrected chi connectivity index (χ2v) is 7.98. The molecule has 3 aromatic carbocycles.